The second kappa shape index (κ2) is 9.17. The van der Waals surface area contributed by atoms with Gasteiger partial charge in [-0.3, -0.25) is 4.79 Å². The van der Waals surface area contributed by atoms with Crippen LogP contribution in [0.3, 0.4) is 0 Å². The highest BCUT2D eigenvalue weighted by molar-refractivity contribution is 5.94. The van der Waals surface area contributed by atoms with Crippen molar-refractivity contribution in [1.82, 2.24) is 10.6 Å². The van der Waals surface area contributed by atoms with Gasteiger partial charge in [0, 0.05) is 30.4 Å². The fourth-order valence-electron chi connectivity index (χ4n) is 2.07. The Morgan fingerprint density at radius 1 is 0.880 bits per heavy atom. The Labute approximate surface area is 146 Å². The third-order valence-corrected chi connectivity index (χ3v) is 3.38. The average molecular weight is 343 g/mol. The smallest absolute Gasteiger partial charge is 0.319 e. The van der Waals surface area contributed by atoms with E-state index in [9.17, 15) is 9.59 Å². The van der Waals surface area contributed by atoms with Crippen LogP contribution in [0.4, 0.5) is 10.5 Å². The first kappa shape index (κ1) is 18.1. The molecule has 0 atom stereocenters. The summed E-state index contributed by atoms with van der Waals surface area (Å²) in [7, 11) is 3.13. The van der Waals surface area contributed by atoms with Gasteiger partial charge in [0.05, 0.1) is 14.2 Å². The molecule has 0 aliphatic heterocycles. The maximum Gasteiger partial charge on any atom is 0.319 e. The van der Waals surface area contributed by atoms with Crippen molar-refractivity contribution in [2.75, 3.05) is 32.6 Å². The van der Waals surface area contributed by atoms with Gasteiger partial charge in [-0.05, 0) is 36.4 Å². The van der Waals surface area contributed by atoms with Crippen molar-refractivity contribution in [2.24, 2.45) is 0 Å². The van der Waals surface area contributed by atoms with Crippen LogP contribution >= 0.6 is 0 Å². The van der Waals surface area contributed by atoms with E-state index < -0.39 is 0 Å². The van der Waals surface area contributed by atoms with E-state index in [0.717, 1.165) is 0 Å². The van der Waals surface area contributed by atoms with E-state index in [-0.39, 0.29) is 11.9 Å². The minimum atomic E-state index is -0.355. The van der Waals surface area contributed by atoms with Gasteiger partial charge in [0.15, 0.2) is 0 Å². The summed E-state index contributed by atoms with van der Waals surface area (Å²) < 4.78 is 10.1. The molecule has 0 bridgehead atoms. The van der Waals surface area contributed by atoms with E-state index in [2.05, 4.69) is 16.0 Å². The van der Waals surface area contributed by atoms with Gasteiger partial charge in [-0.25, -0.2) is 4.79 Å². The molecular weight excluding hydrogens is 322 g/mol. The predicted octanol–water partition coefficient (Wildman–Crippen LogP) is 2.26. The van der Waals surface area contributed by atoms with Crippen molar-refractivity contribution in [3.8, 4) is 11.5 Å². The third kappa shape index (κ3) is 5.72. The predicted molar refractivity (Wildman–Crippen MR) is 95.3 cm³/mol. The summed E-state index contributed by atoms with van der Waals surface area (Å²) in [6, 6.07) is 13.5. The molecule has 2 aromatic carbocycles. The normalized spacial score (nSPS) is 9.84. The molecule has 0 saturated heterocycles. The Morgan fingerprint density at radius 2 is 1.56 bits per heavy atom. The molecule has 3 amide bonds. The number of nitrogens with one attached hydrogen (secondary N) is 3. The Morgan fingerprint density at radius 3 is 2.24 bits per heavy atom. The Kier molecular flexibility index (Phi) is 6.65. The van der Waals surface area contributed by atoms with Gasteiger partial charge in [-0.15, -0.1) is 0 Å². The van der Waals surface area contributed by atoms with Gasteiger partial charge >= 0.3 is 6.03 Å². The fraction of sp³-hybridized carbons (Fsp3) is 0.222. The van der Waals surface area contributed by atoms with E-state index in [1.807, 2.05) is 0 Å². The number of amides is 3. The zero-order valence-electron chi connectivity index (χ0n) is 14.2. The molecule has 0 saturated carbocycles. The van der Waals surface area contributed by atoms with Gasteiger partial charge in [-0.2, -0.15) is 0 Å². The highest BCUT2D eigenvalue weighted by Gasteiger charge is 2.06. The lowest BCUT2D eigenvalue weighted by molar-refractivity contribution is 0.0954. The number of ether oxygens (including phenoxy) is 2. The number of carbonyl (C=O) groups is 2. The summed E-state index contributed by atoms with van der Waals surface area (Å²) in [6.07, 6.45) is 0. The number of rotatable bonds is 7. The molecule has 0 aliphatic carbocycles. The highest BCUT2D eigenvalue weighted by atomic mass is 16.5. The van der Waals surface area contributed by atoms with Crippen LogP contribution in [0.5, 0.6) is 11.5 Å². The highest BCUT2D eigenvalue weighted by Crippen LogP contribution is 2.16. The molecule has 0 spiro atoms. The molecule has 25 heavy (non-hydrogen) atoms. The molecule has 7 nitrogen and oxygen atoms in total. The zero-order valence-corrected chi connectivity index (χ0v) is 14.2. The minimum Gasteiger partial charge on any atom is -0.497 e. The molecule has 0 aromatic heterocycles. The summed E-state index contributed by atoms with van der Waals surface area (Å²) >= 11 is 0. The minimum absolute atomic E-state index is 0.211. The van der Waals surface area contributed by atoms with E-state index in [1.165, 1.54) is 0 Å². The van der Waals surface area contributed by atoms with Crippen molar-refractivity contribution >= 4 is 17.6 Å². The molecule has 0 unspecified atom stereocenters. The van der Waals surface area contributed by atoms with E-state index >= 15 is 0 Å². The Bertz CT molecular complexity index is 717. The topological polar surface area (TPSA) is 88.7 Å². The largest absolute Gasteiger partial charge is 0.497 e. The lowest BCUT2D eigenvalue weighted by atomic mass is 10.2. The third-order valence-electron chi connectivity index (χ3n) is 3.38. The first-order valence-corrected chi connectivity index (χ1v) is 7.73. The first-order valence-electron chi connectivity index (χ1n) is 7.73. The van der Waals surface area contributed by atoms with Crippen molar-refractivity contribution in [2.45, 2.75) is 0 Å². The second-order valence-electron chi connectivity index (χ2n) is 5.10. The van der Waals surface area contributed by atoms with Gasteiger partial charge in [0.25, 0.3) is 5.91 Å². The quantitative estimate of drug-likeness (QED) is 0.673. The van der Waals surface area contributed by atoms with Gasteiger partial charge in [0.1, 0.15) is 11.5 Å². The van der Waals surface area contributed by atoms with Gasteiger partial charge in [-0.1, -0.05) is 6.07 Å². The number of hydrogen-bond acceptors (Lipinski definition) is 4. The molecular formula is C18H21N3O4. The maximum atomic E-state index is 12.0. The van der Waals surface area contributed by atoms with Crippen LogP contribution in [0.1, 0.15) is 10.4 Å². The summed E-state index contributed by atoms with van der Waals surface area (Å²) in [5, 5.41) is 8.09. The van der Waals surface area contributed by atoms with Gasteiger partial charge in [0.2, 0.25) is 0 Å². The van der Waals surface area contributed by atoms with Crippen molar-refractivity contribution in [3.63, 3.8) is 0 Å². The molecule has 0 fully saturated rings. The molecule has 3 N–H and O–H groups in total. The summed E-state index contributed by atoms with van der Waals surface area (Å²) in [6.45, 7) is 0.619. The first-order chi connectivity index (χ1) is 12.1. The molecule has 0 aliphatic rings. The van der Waals surface area contributed by atoms with Crippen LogP contribution in [-0.4, -0.2) is 39.2 Å². The van der Waals surface area contributed by atoms with Crippen molar-refractivity contribution in [1.29, 1.82) is 0 Å². The lowest BCUT2D eigenvalue weighted by Crippen LogP contribution is -2.36. The Balaban J connectivity index is 1.70. The molecule has 132 valence electrons. The number of carbonyl (C=O) groups excluding carboxylic acids is 2. The van der Waals surface area contributed by atoms with Crippen molar-refractivity contribution in [3.05, 3.63) is 54.1 Å². The number of benzene rings is 2. The monoisotopic (exact) mass is 343 g/mol. The van der Waals surface area contributed by atoms with E-state index in [4.69, 9.17) is 9.47 Å². The zero-order chi connectivity index (χ0) is 18.1. The summed E-state index contributed by atoms with van der Waals surface area (Å²) in [4.78, 5) is 23.8. The number of hydrogen-bond donors (Lipinski definition) is 3. The molecule has 7 heteroatoms. The van der Waals surface area contributed by atoms with Crippen LogP contribution in [0, 0.1) is 0 Å². The van der Waals surface area contributed by atoms with Gasteiger partial charge < -0.3 is 25.4 Å². The fourth-order valence-corrected chi connectivity index (χ4v) is 2.07. The van der Waals surface area contributed by atoms with Crippen LogP contribution in [0.25, 0.3) is 0 Å². The average Bonchev–Trinajstić information content (AvgIpc) is 2.65. The number of urea groups is 1. The van der Waals surface area contributed by atoms with Crippen LogP contribution < -0.4 is 25.4 Å². The summed E-state index contributed by atoms with van der Waals surface area (Å²) in [5.41, 5.74) is 1.15. The molecule has 0 heterocycles. The standard InChI is InChI=1S/C18H21N3O4/c1-24-15-8-6-13(7-9-15)17(22)19-10-11-20-18(23)21-14-4-3-5-16(12-14)25-2/h3-9,12H,10-11H2,1-2H3,(H,19,22)(H2,20,21,23). The maximum absolute atomic E-state index is 12.0. The number of anilines is 1. The summed E-state index contributed by atoms with van der Waals surface area (Å²) in [5.74, 6) is 1.13. The molecule has 0 radical (unpaired) electrons. The number of methoxy groups -OCH3 is 2. The molecule has 2 rings (SSSR count). The van der Waals surface area contributed by atoms with Crippen LogP contribution in [-0.2, 0) is 0 Å². The van der Waals surface area contributed by atoms with E-state index in [0.29, 0.717) is 35.8 Å². The van der Waals surface area contributed by atoms with Crippen LogP contribution in [0.2, 0.25) is 0 Å². The lowest BCUT2D eigenvalue weighted by Gasteiger charge is -2.09. The van der Waals surface area contributed by atoms with Crippen LogP contribution in [0.15, 0.2) is 48.5 Å². The Hall–Kier alpha value is -3.22. The van der Waals surface area contributed by atoms with E-state index in [1.54, 1.807) is 62.8 Å². The van der Waals surface area contributed by atoms with Crippen molar-refractivity contribution < 1.29 is 19.1 Å². The molecule has 2 aromatic rings. The SMILES string of the molecule is COc1ccc(C(=O)NCCNC(=O)Nc2cccc(OC)c2)cc1. The second-order valence-corrected chi connectivity index (χ2v) is 5.10.